The van der Waals surface area contributed by atoms with Gasteiger partial charge in [0.2, 0.25) is 0 Å². The maximum absolute atomic E-state index is 4.35. The molecule has 0 saturated heterocycles. The minimum Gasteiger partial charge on any atom is -0.307 e. The van der Waals surface area contributed by atoms with Gasteiger partial charge in [0, 0.05) is 18.6 Å². The lowest BCUT2D eigenvalue weighted by atomic mass is 10.0. The van der Waals surface area contributed by atoms with Crippen LogP contribution in [0.5, 0.6) is 0 Å². The van der Waals surface area contributed by atoms with Crippen molar-refractivity contribution in [3.8, 4) is 0 Å². The summed E-state index contributed by atoms with van der Waals surface area (Å²) in [6.07, 6.45) is 7.03. The topological polar surface area (TPSA) is 17.3 Å². The van der Waals surface area contributed by atoms with Gasteiger partial charge in [-0.3, -0.25) is 0 Å². The Morgan fingerprint density at radius 1 is 1.46 bits per heavy atom. The molecule has 0 aromatic carbocycles. The lowest BCUT2D eigenvalue weighted by Gasteiger charge is -2.09. The van der Waals surface area contributed by atoms with E-state index in [1.54, 1.807) is 0 Å². The van der Waals surface area contributed by atoms with E-state index in [0.717, 1.165) is 12.1 Å². The van der Waals surface area contributed by atoms with Gasteiger partial charge in [-0.15, -0.1) is 0 Å². The summed E-state index contributed by atoms with van der Waals surface area (Å²) in [7, 11) is 0. The minimum absolute atomic E-state index is 0.589. The van der Waals surface area contributed by atoms with Crippen LogP contribution in [0.25, 0.3) is 5.65 Å². The van der Waals surface area contributed by atoms with Gasteiger partial charge in [-0.1, -0.05) is 19.9 Å². The zero-order valence-electron chi connectivity index (χ0n) is 8.07. The largest absolute Gasteiger partial charge is 0.307 e. The lowest BCUT2D eigenvalue weighted by molar-refractivity contribution is 0.733. The standard InChI is InChI=1S/C11H14N2/c1-3-9(2)10-5-4-7-13-8-6-12-11(10)13/h4-9H,3H2,1-2H3. The molecule has 0 amide bonds. The highest BCUT2D eigenvalue weighted by atomic mass is 15.0. The molecule has 2 heterocycles. The number of fused-ring (bicyclic) bond motifs is 1. The zero-order valence-corrected chi connectivity index (χ0v) is 8.07. The maximum atomic E-state index is 4.35. The van der Waals surface area contributed by atoms with Gasteiger partial charge in [0.15, 0.2) is 0 Å². The second kappa shape index (κ2) is 3.21. The summed E-state index contributed by atoms with van der Waals surface area (Å²) in [4.78, 5) is 4.35. The molecule has 2 aromatic heterocycles. The average Bonchev–Trinajstić information content (AvgIpc) is 2.63. The van der Waals surface area contributed by atoms with Gasteiger partial charge in [0.1, 0.15) is 5.65 Å². The molecule has 2 aromatic rings. The number of pyridine rings is 1. The third kappa shape index (κ3) is 1.32. The molecule has 0 aliphatic carbocycles. The first-order valence-corrected chi connectivity index (χ1v) is 4.74. The van der Waals surface area contributed by atoms with Crippen molar-refractivity contribution in [2.45, 2.75) is 26.2 Å². The van der Waals surface area contributed by atoms with E-state index in [4.69, 9.17) is 0 Å². The molecule has 0 bridgehead atoms. The van der Waals surface area contributed by atoms with Crippen LogP contribution in [0.1, 0.15) is 31.7 Å². The fourth-order valence-corrected chi connectivity index (χ4v) is 1.58. The molecule has 1 atom stereocenters. The number of hydrogen-bond donors (Lipinski definition) is 0. The van der Waals surface area contributed by atoms with E-state index in [9.17, 15) is 0 Å². The van der Waals surface area contributed by atoms with Crippen LogP contribution < -0.4 is 0 Å². The van der Waals surface area contributed by atoms with Crippen molar-refractivity contribution in [3.63, 3.8) is 0 Å². The van der Waals surface area contributed by atoms with Crippen LogP contribution in [0.15, 0.2) is 30.7 Å². The molecule has 2 nitrogen and oxygen atoms in total. The van der Waals surface area contributed by atoms with Gasteiger partial charge in [-0.05, 0) is 24.0 Å². The predicted molar refractivity (Wildman–Crippen MR) is 53.9 cm³/mol. The van der Waals surface area contributed by atoms with Crippen LogP contribution in [0.2, 0.25) is 0 Å². The Morgan fingerprint density at radius 2 is 2.31 bits per heavy atom. The molecule has 0 spiro atoms. The molecule has 0 fully saturated rings. The van der Waals surface area contributed by atoms with Gasteiger partial charge < -0.3 is 4.40 Å². The van der Waals surface area contributed by atoms with Crippen molar-refractivity contribution < 1.29 is 0 Å². The molecule has 0 saturated carbocycles. The molecule has 0 N–H and O–H groups in total. The van der Waals surface area contributed by atoms with Crippen LogP contribution in [0, 0.1) is 0 Å². The number of hydrogen-bond acceptors (Lipinski definition) is 1. The van der Waals surface area contributed by atoms with Crippen LogP contribution in [-0.4, -0.2) is 9.38 Å². The Labute approximate surface area is 78.2 Å². The van der Waals surface area contributed by atoms with E-state index in [2.05, 4.69) is 35.4 Å². The van der Waals surface area contributed by atoms with Crippen LogP contribution in [0.4, 0.5) is 0 Å². The third-order valence-corrected chi connectivity index (χ3v) is 2.59. The Balaban J connectivity index is 2.60. The maximum Gasteiger partial charge on any atom is 0.140 e. The summed E-state index contributed by atoms with van der Waals surface area (Å²) < 4.78 is 2.07. The Morgan fingerprint density at radius 3 is 3.08 bits per heavy atom. The minimum atomic E-state index is 0.589. The molecule has 2 heteroatoms. The van der Waals surface area contributed by atoms with Crippen molar-refractivity contribution in [2.75, 3.05) is 0 Å². The Hall–Kier alpha value is -1.31. The molecule has 0 aliphatic heterocycles. The first kappa shape index (κ1) is 8.30. The van der Waals surface area contributed by atoms with Crippen molar-refractivity contribution >= 4 is 5.65 Å². The molecular weight excluding hydrogens is 160 g/mol. The second-order valence-electron chi connectivity index (χ2n) is 3.43. The lowest BCUT2D eigenvalue weighted by Crippen LogP contribution is -1.95. The van der Waals surface area contributed by atoms with E-state index in [1.807, 2.05) is 18.6 Å². The van der Waals surface area contributed by atoms with Crippen LogP contribution in [0.3, 0.4) is 0 Å². The molecule has 13 heavy (non-hydrogen) atoms. The fraction of sp³-hybridized carbons (Fsp3) is 0.364. The van der Waals surface area contributed by atoms with Gasteiger partial charge in [0.25, 0.3) is 0 Å². The van der Waals surface area contributed by atoms with E-state index in [-0.39, 0.29) is 0 Å². The number of imidazole rings is 1. The van der Waals surface area contributed by atoms with Gasteiger partial charge >= 0.3 is 0 Å². The van der Waals surface area contributed by atoms with Gasteiger partial charge in [-0.2, -0.15) is 0 Å². The summed E-state index contributed by atoms with van der Waals surface area (Å²) in [6, 6.07) is 4.24. The van der Waals surface area contributed by atoms with Gasteiger partial charge in [-0.25, -0.2) is 4.98 Å². The quantitative estimate of drug-likeness (QED) is 0.684. The molecule has 68 valence electrons. The number of aromatic nitrogens is 2. The first-order valence-electron chi connectivity index (χ1n) is 4.74. The monoisotopic (exact) mass is 174 g/mol. The van der Waals surface area contributed by atoms with Crippen molar-refractivity contribution in [3.05, 3.63) is 36.3 Å². The third-order valence-electron chi connectivity index (χ3n) is 2.59. The number of rotatable bonds is 2. The normalized spacial score (nSPS) is 13.4. The highest BCUT2D eigenvalue weighted by Gasteiger charge is 2.07. The van der Waals surface area contributed by atoms with Crippen molar-refractivity contribution in [1.82, 2.24) is 9.38 Å². The van der Waals surface area contributed by atoms with E-state index < -0.39 is 0 Å². The van der Waals surface area contributed by atoms with Crippen molar-refractivity contribution in [1.29, 1.82) is 0 Å². The van der Waals surface area contributed by atoms with E-state index in [1.165, 1.54) is 5.56 Å². The van der Waals surface area contributed by atoms with E-state index >= 15 is 0 Å². The highest BCUT2D eigenvalue weighted by Crippen LogP contribution is 2.21. The molecular formula is C11H14N2. The summed E-state index contributed by atoms with van der Waals surface area (Å²) >= 11 is 0. The smallest absolute Gasteiger partial charge is 0.140 e. The fourth-order valence-electron chi connectivity index (χ4n) is 1.58. The molecule has 0 aliphatic rings. The molecule has 2 rings (SSSR count). The summed E-state index contributed by atoms with van der Waals surface area (Å²) in [5.41, 5.74) is 2.44. The SMILES string of the molecule is CCC(C)c1cccn2ccnc12. The first-order chi connectivity index (χ1) is 6.33. The summed E-state index contributed by atoms with van der Waals surface area (Å²) in [5.74, 6) is 0.589. The Bertz CT molecular complexity index is 403. The second-order valence-corrected chi connectivity index (χ2v) is 3.43. The highest BCUT2D eigenvalue weighted by molar-refractivity contribution is 5.49. The van der Waals surface area contributed by atoms with E-state index in [0.29, 0.717) is 5.92 Å². The van der Waals surface area contributed by atoms with Gasteiger partial charge in [0.05, 0.1) is 0 Å². The summed E-state index contributed by atoms with van der Waals surface area (Å²) in [5, 5.41) is 0. The zero-order chi connectivity index (χ0) is 9.26. The summed E-state index contributed by atoms with van der Waals surface area (Å²) in [6.45, 7) is 4.45. The van der Waals surface area contributed by atoms with Crippen LogP contribution in [-0.2, 0) is 0 Å². The molecule has 0 radical (unpaired) electrons. The van der Waals surface area contributed by atoms with Crippen molar-refractivity contribution in [2.24, 2.45) is 0 Å². The predicted octanol–water partition coefficient (Wildman–Crippen LogP) is 2.85. The van der Waals surface area contributed by atoms with Crippen LogP contribution >= 0.6 is 0 Å². The Kier molecular flexibility index (Phi) is 2.05. The number of nitrogens with zero attached hydrogens (tertiary/aromatic N) is 2. The molecule has 1 unspecified atom stereocenters. The average molecular weight is 174 g/mol.